The number of carbonyl (C=O) groups is 1. The minimum atomic E-state index is -0.192. The van der Waals surface area contributed by atoms with Crippen LogP contribution in [-0.4, -0.2) is 32.7 Å². The average Bonchev–Trinajstić information content (AvgIpc) is 3.48. The number of aryl methyl sites for hydroxylation is 1. The van der Waals surface area contributed by atoms with Crippen LogP contribution in [0.3, 0.4) is 0 Å². The monoisotopic (exact) mass is 392 g/mol. The molecule has 0 atom stereocenters. The molecule has 0 fully saturated rings. The number of rotatable bonds is 7. The molecule has 8 heteroatoms. The Morgan fingerprint density at radius 3 is 2.66 bits per heavy atom. The molecule has 0 aliphatic rings. The standard InChI is InChI=1S/C21H20N4O4/c1-3-11-25(13-17-22-23-20(28-17)16-10-7-12-27-16)21(26)18-14(2)29-24-19(18)15-8-5-4-6-9-15/h4-10,12H,3,11,13H2,1-2H3. The van der Waals surface area contributed by atoms with Gasteiger partial charge in [0.15, 0.2) is 5.76 Å². The summed E-state index contributed by atoms with van der Waals surface area (Å²) in [6, 6.07) is 13.0. The molecule has 0 aliphatic carbocycles. The van der Waals surface area contributed by atoms with Gasteiger partial charge in [-0.05, 0) is 25.5 Å². The molecule has 0 unspecified atom stereocenters. The van der Waals surface area contributed by atoms with Crippen molar-refractivity contribution in [3.63, 3.8) is 0 Å². The molecular formula is C21H20N4O4. The second-order valence-corrected chi connectivity index (χ2v) is 6.53. The summed E-state index contributed by atoms with van der Waals surface area (Å²) in [6.45, 7) is 4.44. The van der Waals surface area contributed by atoms with E-state index in [0.717, 1.165) is 12.0 Å². The maximum absolute atomic E-state index is 13.4. The highest BCUT2D eigenvalue weighted by molar-refractivity contribution is 6.00. The number of amides is 1. The average molecular weight is 392 g/mol. The van der Waals surface area contributed by atoms with E-state index in [-0.39, 0.29) is 18.3 Å². The van der Waals surface area contributed by atoms with Crippen molar-refractivity contribution >= 4 is 5.91 Å². The normalized spacial score (nSPS) is 11.0. The van der Waals surface area contributed by atoms with Crippen LogP contribution in [-0.2, 0) is 6.54 Å². The molecule has 29 heavy (non-hydrogen) atoms. The summed E-state index contributed by atoms with van der Waals surface area (Å²) in [7, 11) is 0. The van der Waals surface area contributed by atoms with E-state index in [2.05, 4.69) is 15.4 Å². The summed E-state index contributed by atoms with van der Waals surface area (Å²) in [5.74, 6) is 1.37. The number of furan rings is 1. The third-order valence-corrected chi connectivity index (χ3v) is 4.43. The van der Waals surface area contributed by atoms with Gasteiger partial charge >= 0.3 is 0 Å². The van der Waals surface area contributed by atoms with Gasteiger partial charge in [0.25, 0.3) is 11.8 Å². The minimum absolute atomic E-state index is 0.180. The molecule has 0 saturated heterocycles. The summed E-state index contributed by atoms with van der Waals surface area (Å²) in [4.78, 5) is 15.0. The summed E-state index contributed by atoms with van der Waals surface area (Å²) < 4.78 is 16.3. The Bertz CT molecular complexity index is 1080. The SMILES string of the molecule is CCCN(Cc1nnc(-c2ccco2)o1)C(=O)c1c(-c2ccccc2)noc1C. The Balaban J connectivity index is 1.61. The van der Waals surface area contributed by atoms with E-state index in [9.17, 15) is 4.79 Å². The molecule has 4 aromatic rings. The van der Waals surface area contributed by atoms with Gasteiger partial charge in [-0.1, -0.05) is 42.4 Å². The fourth-order valence-electron chi connectivity index (χ4n) is 3.08. The Morgan fingerprint density at radius 2 is 1.93 bits per heavy atom. The van der Waals surface area contributed by atoms with Gasteiger partial charge in [-0.3, -0.25) is 4.79 Å². The first-order chi connectivity index (χ1) is 14.2. The van der Waals surface area contributed by atoms with Crippen LogP contribution in [0.2, 0.25) is 0 Å². The van der Waals surface area contributed by atoms with Crippen LogP contribution in [0.4, 0.5) is 0 Å². The van der Waals surface area contributed by atoms with E-state index in [1.165, 1.54) is 6.26 Å². The molecular weight excluding hydrogens is 372 g/mol. The first-order valence-corrected chi connectivity index (χ1v) is 9.34. The predicted molar refractivity (Wildman–Crippen MR) is 104 cm³/mol. The van der Waals surface area contributed by atoms with Crippen molar-refractivity contribution < 1.29 is 18.2 Å². The van der Waals surface area contributed by atoms with E-state index in [0.29, 0.717) is 35.2 Å². The molecule has 0 spiro atoms. The van der Waals surface area contributed by atoms with Gasteiger partial charge in [0, 0.05) is 12.1 Å². The predicted octanol–water partition coefficient (Wildman–Crippen LogP) is 4.35. The maximum Gasteiger partial charge on any atom is 0.283 e. The number of aromatic nitrogens is 3. The van der Waals surface area contributed by atoms with E-state index < -0.39 is 0 Å². The highest BCUT2D eigenvalue weighted by atomic mass is 16.5. The highest BCUT2D eigenvalue weighted by Gasteiger charge is 2.27. The maximum atomic E-state index is 13.4. The van der Waals surface area contributed by atoms with Crippen molar-refractivity contribution in [2.75, 3.05) is 6.54 Å². The second kappa shape index (κ2) is 8.14. The molecule has 3 heterocycles. The van der Waals surface area contributed by atoms with Crippen LogP contribution in [0.5, 0.6) is 0 Å². The van der Waals surface area contributed by atoms with Crippen molar-refractivity contribution in [1.29, 1.82) is 0 Å². The number of nitrogens with zero attached hydrogens (tertiary/aromatic N) is 4. The third-order valence-electron chi connectivity index (χ3n) is 4.43. The van der Waals surface area contributed by atoms with Crippen LogP contribution in [0.25, 0.3) is 22.9 Å². The molecule has 0 saturated carbocycles. The van der Waals surface area contributed by atoms with Gasteiger partial charge in [-0.25, -0.2) is 0 Å². The number of hydrogen-bond donors (Lipinski definition) is 0. The Labute approximate surface area is 167 Å². The first-order valence-electron chi connectivity index (χ1n) is 9.34. The second-order valence-electron chi connectivity index (χ2n) is 6.53. The van der Waals surface area contributed by atoms with Crippen molar-refractivity contribution in [1.82, 2.24) is 20.3 Å². The van der Waals surface area contributed by atoms with Crippen LogP contribution >= 0.6 is 0 Å². The molecule has 1 amide bonds. The molecule has 0 bridgehead atoms. The van der Waals surface area contributed by atoms with Gasteiger partial charge < -0.3 is 18.3 Å². The molecule has 0 aliphatic heterocycles. The van der Waals surface area contributed by atoms with Crippen molar-refractivity contribution in [3.05, 3.63) is 65.9 Å². The number of hydrogen-bond acceptors (Lipinski definition) is 7. The van der Waals surface area contributed by atoms with Crippen LogP contribution < -0.4 is 0 Å². The van der Waals surface area contributed by atoms with E-state index in [1.54, 1.807) is 24.0 Å². The molecule has 0 radical (unpaired) electrons. The van der Waals surface area contributed by atoms with Crippen LogP contribution in [0.15, 0.2) is 62.1 Å². The number of benzene rings is 1. The zero-order chi connectivity index (χ0) is 20.2. The quantitative estimate of drug-likeness (QED) is 0.461. The molecule has 4 rings (SSSR count). The lowest BCUT2D eigenvalue weighted by atomic mass is 10.1. The fourth-order valence-corrected chi connectivity index (χ4v) is 3.08. The highest BCUT2D eigenvalue weighted by Crippen LogP contribution is 2.27. The minimum Gasteiger partial charge on any atom is -0.459 e. The largest absolute Gasteiger partial charge is 0.459 e. The van der Waals surface area contributed by atoms with Crippen LogP contribution in [0, 0.1) is 6.92 Å². The van der Waals surface area contributed by atoms with E-state index in [1.807, 2.05) is 37.3 Å². The van der Waals surface area contributed by atoms with Crippen molar-refractivity contribution in [2.24, 2.45) is 0 Å². The van der Waals surface area contributed by atoms with Crippen molar-refractivity contribution in [2.45, 2.75) is 26.8 Å². The third kappa shape index (κ3) is 3.82. The summed E-state index contributed by atoms with van der Waals surface area (Å²) in [5, 5.41) is 12.2. The Morgan fingerprint density at radius 1 is 1.10 bits per heavy atom. The fraction of sp³-hybridized carbons (Fsp3) is 0.238. The zero-order valence-corrected chi connectivity index (χ0v) is 16.2. The molecule has 148 valence electrons. The van der Waals surface area contributed by atoms with Crippen LogP contribution in [0.1, 0.15) is 35.4 Å². The molecule has 0 N–H and O–H groups in total. The number of carbonyl (C=O) groups excluding carboxylic acids is 1. The Hall–Kier alpha value is -3.68. The van der Waals surface area contributed by atoms with Crippen molar-refractivity contribution in [3.8, 4) is 22.9 Å². The van der Waals surface area contributed by atoms with Gasteiger partial charge in [0.1, 0.15) is 17.0 Å². The summed E-state index contributed by atoms with van der Waals surface area (Å²) in [5.41, 5.74) is 1.79. The van der Waals surface area contributed by atoms with Gasteiger partial charge in [0.05, 0.1) is 12.8 Å². The topological polar surface area (TPSA) is 98.4 Å². The smallest absolute Gasteiger partial charge is 0.283 e. The van der Waals surface area contributed by atoms with Gasteiger partial charge in [-0.2, -0.15) is 0 Å². The zero-order valence-electron chi connectivity index (χ0n) is 16.2. The van der Waals surface area contributed by atoms with Gasteiger partial charge in [0.2, 0.25) is 5.89 Å². The van der Waals surface area contributed by atoms with Gasteiger partial charge in [-0.15, -0.1) is 10.2 Å². The Kier molecular flexibility index (Phi) is 5.24. The molecule has 8 nitrogen and oxygen atoms in total. The molecule has 3 aromatic heterocycles. The summed E-state index contributed by atoms with van der Waals surface area (Å²) >= 11 is 0. The lowest BCUT2D eigenvalue weighted by Crippen LogP contribution is -2.32. The molecule has 1 aromatic carbocycles. The lowest BCUT2D eigenvalue weighted by Gasteiger charge is -2.20. The first kappa shape index (κ1) is 18.7. The van der Waals surface area contributed by atoms with E-state index >= 15 is 0 Å². The van der Waals surface area contributed by atoms with E-state index in [4.69, 9.17) is 13.4 Å². The summed E-state index contributed by atoms with van der Waals surface area (Å²) in [6.07, 6.45) is 2.31. The lowest BCUT2D eigenvalue weighted by molar-refractivity contribution is 0.0727.